The quantitative estimate of drug-likeness (QED) is 0.873. The summed E-state index contributed by atoms with van der Waals surface area (Å²) < 4.78 is 0. The Labute approximate surface area is 127 Å². The van der Waals surface area contributed by atoms with Gasteiger partial charge < -0.3 is 10.6 Å². The molecule has 1 unspecified atom stereocenters. The highest BCUT2D eigenvalue weighted by molar-refractivity contribution is 5.78. The number of nitrogens with two attached hydrogens (primary N) is 1. The normalized spacial score (nSPS) is 16.5. The van der Waals surface area contributed by atoms with E-state index in [9.17, 15) is 4.79 Å². The zero-order valence-electron chi connectivity index (χ0n) is 12.9. The van der Waals surface area contributed by atoms with Gasteiger partial charge in [0.1, 0.15) is 0 Å². The van der Waals surface area contributed by atoms with Gasteiger partial charge in [-0.05, 0) is 42.9 Å². The largest absolute Gasteiger partial charge is 0.339 e. The van der Waals surface area contributed by atoms with Crippen molar-refractivity contribution in [3.8, 4) is 0 Å². The molecule has 3 heteroatoms. The summed E-state index contributed by atoms with van der Waals surface area (Å²) >= 11 is 0. The lowest BCUT2D eigenvalue weighted by molar-refractivity contribution is -0.131. The van der Waals surface area contributed by atoms with Gasteiger partial charge in [0.2, 0.25) is 5.91 Å². The highest BCUT2D eigenvalue weighted by Crippen LogP contribution is 2.22. The lowest BCUT2D eigenvalue weighted by atomic mass is 9.98. The third-order valence-corrected chi connectivity index (χ3v) is 4.22. The van der Waals surface area contributed by atoms with Crippen molar-refractivity contribution in [2.75, 3.05) is 19.6 Å². The van der Waals surface area contributed by atoms with Crippen LogP contribution in [0.2, 0.25) is 0 Å². The van der Waals surface area contributed by atoms with Crippen LogP contribution in [0.4, 0.5) is 0 Å². The summed E-state index contributed by atoms with van der Waals surface area (Å²) in [5.74, 6) is 0.821. The van der Waals surface area contributed by atoms with Gasteiger partial charge in [-0.25, -0.2) is 0 Å². The van der Waals surface area contributed by atoms with Crippen LogP contribution in [0.25, 0.3) is 5.57 Å². The van der Waals surface area contributed by atoms with Crippen LogP contribution < -0.4 is 5.73 Å². The predicted octanol–water partition coefficient (Wildman–Crippen LogP) is 3.07. The molecule has 0 aliphatic carbocycles. The Morgan fingerprint density at radius 1 is 1.29 bits per heavy atom. The second-order valence-corrected chi connectivity index (χ2v) is 5.91. The first-order valence-electron chi connectivity index (χ1n) is 7.93. The maximum absolute atomic E-state index is 12.2. The van der Waals surface area contributed by atoms with Crippen molar-refractivity contribution in [2.45, 2.75) is 32.6 Å². The van der Waals surface area contributed by atoms with Gasteiger partial charge in [0.15, 0.2) is 0 Å². The van der Waals surface area contributed by atoms with Gasteiger partial charge in [-0.15, -0.1) is 0 Å². The summed E-state index contributed by atoms with van der Waals surface area (Å²) in [5, 5.41) is 0. The molecule has 2 N–H and O–H groups in total. The molecule has 21 heavy (non-hydrogen) atoms. The second kappa shape index (κ2) is 7.99. The van der Waals surface area contributed by atoms with Gasteiger partial charge in [-0.2, -0.15) is 0 Å². The standard InChI is InChI=1S/C18H26N2O/c1-15(9-12-19)7-8-18(21)20-13-10-17(11-14-20)16-5-3-2-4-6-16/h2-6,10,15H,7-9,11-14,19H2,1H3. The molecule has 0 saturated heterocycles. The molecule has 2 rings (SSSR count). The van der Waals surface area contributed by atoms with E-state index in [1.54, 1.807) is 0 Å². The summed E-state index contributed by atoms with van der Waals surface area (Å²) in [7, 11) is 0. The maximum atomic E-state index is 12.2. The van der Waals surface area contributed by atoms with Crippen LogP contribution in [0.3, 0.4) is 0 Å². The Bertz CT molecular complexity index is 481. The van der Waals surface area contributed by atoms with Gasteiger partial charge in [0.25, 0.3) is 0 Å². The number of benzene rings is 1. The molecule has 114 valence electrons. The van der Waals surface area contributed by atoms with E-state index in [-0.39, 0.29) is 5.91 Å². The smallest absolute Gasteiger partial charge is 0.222 e. The molecular weight excluding hydrogens is 260 g/mol. The Morgan fingerprint density at radius 3 is 2.67 bits per heavy atom. The Kier molecular flexibility index (Phi) is 6.00. The fourth-order valence-electron chi connectivity index (χ4n) is 2.77. The average Bonchev–Trinajstić information content (AvgIpc) is 2.54. The number of hydrogen-bond acceptors (Lipinski definition) is 2. The number of carbonyl (C=O) groups excluding carboxylic acids is 1. The van der Waals surface area contributed by atoms with Crippen LogP contribution in [0.5, 0.6) is 0 Å². The molecule has 0 aromatic heterocycles. The van der Waals surface area contributed by atoms with E-state index < -0.39 is 0 Å². The number of amides is 1. The highest BCUT2D eigenvalue weighted by atomic mass is 16.2. The summed E-state index contributed by atoms with van der Waals surface area (Å²) in [6, 6.07) is 10.4. The van der Waals surface area contributed by atoms with Crippen LogP contribution in [-0.4, -0.2) is 30.4 Å². The highest BCUT2D eigenvalue weighted by Gasteiger charge is 2.18. The molecule has 3 nitrogen and oxygen atoms in total. The fraction of sp³-hybridized carbons (Fsp3) is 0.500. The van der Waals surface area contributed by atoms with Crippen LogP contribution in [0.15, 0.2) is 36.4 Å². The van der Waals surface area contributed by atoms with E-state index in [4.69, 9.17) is 5.73 Å². The van der Waals surface area contributed by atoms with Crippen molar-refractivity contribution in [1.82, 2.24) is 4.90 Å². The first kappa shape index (κ1) is 15.8. The number of hydrogen-bond donors (Lipinski definition) is 1. The minimum absolute atomic E-state index is 0.280. The molecule has 1 atom stereocenters. The first-order valence-corrected chi connectivity index (χ1v) is 7.93. The summed E-state index contributed by atoms with van der Waals surface area (Å²) in [5.41, 5.74) is 8.18. The third-order valence-electron chi connectivity index (χ3n) is 4.22. The van der Waals surface area contributed by atoms with Crippen molar-refractivity contribution in [1.29, 1.82) is 0 Å². The Morgan fingerprint density at radius 2 is 2.05 bits per heavy atom. The minimum atomic E-state index is 0.280. The maximum Gasteiger partial charge on any atom is 0.222 e. The molecule has 0 bridgehead atoms. The molecule has 1 amide bonds. The van der Waals surface area contributed by atoms with Crippen molar-refractivity contribution in [3.05, 3.63) is 42.0 Å². The minimum Gasteiger partial charge on any atom is -0.339 e. The van der Waals surface area contributed by atoms with E-state index >= 15 is 0 Å². The zero-order valence-corrected chi connectivity index (χ0v) is 12.9. The number of carbonyl (C=O) groups is 1. The van der Waals surface area contributed by atoms with E-state index in [1.165, 1.54) is 11.1 Å². The van der Waals surface area contributed by atoms with Crippen LogP contribution in [0.1, 0.15) is 38.2 Å². The van der Waals surface area contributed by atoms with E-state index in [1.807, 2.05) is 11.0 Å². The lowest BCUT2D eigenvalue weighted by Gasteiger charge is -2.27. The number of nitrogens with zero attached hydrogens (tertiary/aromatic N) is 1. The van der Waals surface area contributed by atoms with Gasteiger partial charge in [-0.1, -0.05) is 43.3 Å². The Hall–Kier alpha value is -1.61. The molecule has 1 aromatic carbocycles. The SMILES string of the molecule is CC(CCN)CCC(=O)N1CC=C(c2ccccc2)CC1. The summed E-state index contributed by atoms with van der Waals surface area (Å²) in [4.78, 5) is 14.2. The lowest BCUT2D eigenvalue weighted by Crippen LogP contribution is -2.34. The monoisotopic (exact) mass is 286 g/mol. The number of rotatable bonds is 6. The molecular formula is C18H26N2O. The summed E-state index contributed by atoms with van der Waals surface area (Å²) in [6.07, 6.45) is 5.75. The molecule has 0 spiro atoms. The molecule has 0 saturated carbocycles. The van der Waals surface area contributed by atoms with Crippen LogP contribution in [-0.2, 0) is 4.79 Å². The molecule has 1 aliphatic rings. The van der Waals surface area contributed by atoms with Crippen molar-refractivity contribution >= 4 is 11.5 Å². The van der Waals surface area contributed by atoms with Gasteiger partial charge in [0, 0.05) is 19.5 Å². The molecule has 1 heterocycles. The fourth-order valence-corrected chi connectivity index (χ4v) is 2.77. The van der Waals surface area contributed by atoms with E-state index in [0.717, 1.165) is 32.4 Å². The van der Waals surface area contributed by atoms with E-state index in [0.29, 0.717) is 18.9 Å². The van der Waals surface area contributed by atoms with Crippen LogP contribution in [0, 0.1) is 5.92 Å². The zero-order chi connectivity index (χ0) is 15.1. The van der Waals surface area contributed by atoms with Crippen molar-refractivity contribution in [2.24, 2.45) is 11.7 Å². The summed E-state index contributed by atoms with van der Waals surface area (Å²) in [6.45, 7) is 4.46. The molecule has 1 aromatic rings. The predicted molar refractivity (Wildman–Crippen MR) is 87.7 cm³/mol. The van der Waals surface area contributed by atoms with Crippen LogP contribution >= 0.6 is 0 Å². The molecule has 0 fully saturated rings. The van der Waals surface area contributed by atoms with Gasteiger partial charge >= 0.3 is 0 Å². The Balaban J connectivity index is 1.83. The molecule has 0 radical (unpaired) electrons. The first-order chi connectivity index (χ1) is 10.2. The van der Waals surface area contributed by atoms with Crippen molar-refractivity contribution in [3.63, 3.8) is 0 Å². The topological polar surface area (TPSA) is 46.3 Å². The van der Waals surface area contributed by atoms with Gasteiger partial charge in [0.05, 0.1) is 0 Å². The second-order valence-electron chi connectivity index (χ2n) is 5.91. The average molecular weight is 286 g/mol. The van der Waals surface area contributed by atoms with Gasteiger partial charge in [-0.3, -0.25) is 4.79 Å². The molecule has 1 aliphatic heterocycles. The van der Waals surface area contributed by atoms with E-state index in [2.05, 4.69) is 37.3 Å². The van der Waals surface area contributed by atoms with Crippen molar-refractivity contribution < 1.29 is 4.79 Å². The third kappa shape index (κ3) is 4.71.